The second-order valence-corrected chi connectivity index (χ2v) is 10.3. The highest BCUT2D eigenvalue weighted by Gasteiger charge is 2.43. The highest BCUT2D eigenvalue weighted by atomic mass is 35.7. The van der Waals surface area contributed by atoms with E-state index in [-0.39, 0.29) is 22.6 Å². The topological polar surface area (TPSA) is 83.6 Å². The number of anilines is 1. The van der Waals surface area contributed by atoms with E-state index in [0.29, 0.717) is 10.5 Å². The van der Waals surface area contributed by atoms with E-state index in [9.17, 15) is 35.6 Å². The number of carbonyl (C=O) groups is 2. The summed E-state index contributed by atoms with van der Waals surface area (Å²) in [5.74, 6) is -3.46. The van der Waals surface area contributed by atoms with Crippen LogP contribution in [0.15, 0.2) is 83.8 Å². The number of carbonyl (C=O) groups excluding carboxylic acids is 2. The summed E-state index contributed by atoms with van der Waals surface area (Å²) in [6, 6.07) is 16.1. The second-order valence-electron chi connectivity index (χ2n) is 7.71. The molecule has 0 fully saturated rings. The smallest absolute Gasteiger partial charge is 0.347 e. The van der Waals surface area contributed by atoms with Gasteiger partial charge in [-0.15, -0.1) is 0 Å². The third kappa shape index (κ3) is 7.28. The molecule has 36 heavy (non-hydrogen) atoms. The quantitative estimate of drug-likeness (QED) is 0.331. The van der Waals surface area contributed by atoms with Gasteiger partial charge in [-0.3, -0.25) is 9.59 Å². The molecule has 0 aliphatic rings. The lowest BCUT2D eigenvalue weighted by atomic mass is 10.0. The Labute approximate surface area is 208 Å². The van der Waals surface area contributed by atoms with Crippen molar-refractivity contribution in [3.63, 3.8) is 0 Å². The third-order valence-electron chi connectivity index (χ3n) is 5.09. The van der Waals surface area contributed by atoms with Gasteiger partial charge in [0.1, 0.15) is 5.82 Å². The molecule has 190 valence electrons. The minimum absolute atomic E-state index is 0.0591. The Morgan fingerprint density at radius 1 is 0.917 bits per heavy atom. The van der Waals surface area contributed by atoms with Crippen LogP contribution < -0.4 is 10.2 Å². The molecule has 0 radical (unpaired) electrons. The van der Waals surface area contributed by atoms with Gasteiger partial charge in [0, 0.05) is 28.5 Å². The predicted octanol–water partition coefficient (Wildman–Crippen LogP) is 4.69. The summed E-state index contributed by atoms with van der Waals surface area (Å²) in [7, 11) is 1.12. The van der Waals surface area contributed by atoms with Gasteiger partial charge in [-0.2, -0.15) is 13.2 Å². The minimum Gasteiger partial charge on any atom is -0.347 e. The Bertz CT molecular complexity index is 1320. The van der Waals surface area contributed by atoms with Crippen molar-refractivity contribution in [1.29, 1.82) is 0 Å². The molecule has 0 saturated heterocycles. The van der Waals surface area contributed by atoms with Gasteiger partial charge in [0.25, 0.3) is 15.0 Å². The van der Waals surface area contributed by atoms with Gasteiger partial charge < -0.3 is 10.2 Å². The molecule has 0 aliphatic carbocycles. The largest absolute Gasteiger partial charge is 0.471 e. The van der Waals surface area contributed by atoms with E-state index < -0.39 is 45.4 Å². The average molecular weight is 543 g/mol. The summed E-state index contributed by atoms with van der Waals surface area (Å²) in [4.78, 5) is 25.1. The SMILES string of the molecule is O=C(NC(Cc1ccccc1)CN(C(=O)C(F)(F)F)c1ccc(S(=O)(=O)Cl)cc1)c1ccc(F)cc1. The van der Waals surface area contributed by atoms with Crippen molar-refractivity contribution in [2.24, 2.45) is 0 Å². The van der Waals surface area contributed by atoms with E-state index in [1.807, 2.05) is 0 Å². The summed E-state index contributed by atoms with van der Waals surface area (Å²) in [6.45, 7) is -0.604. The van der Waals surface area contributed by atoms with E-state index in [2.05, 4.69) is 5.32 Å². The zero-order valence-electron chi connectivity index (χ0n) is 18.4. The number of amides is 2. The van der Waals surface area contributed by atoms with Crippen molar-refractivity contribution >= 4 is 37.2 Å². The molecular weight excluding hydrogens is 524 g/mol. The fourth-order valence-corrected chi connectivity index (χ4v) is 4.17. The first-order valence-electron chi connectivity index (χ1n) is 10.4. The zero-order chi connectivity index (χ0) is 26.5. The van der Waals surface area contributed by atoms with Crippen LogP contribution in [-0.2, 0) is 20.3 Å². The molecule has 3 aromatic rings. The van der Waals surface area contributed by atoms with E-state index >= 15 is 0 Å². The highest BCUT2D eigenvalue weighted by molar-refractivity contribution is 8.13. The van der Waals surface area contributed by atoms with E-state index in [1.54, 1.807) is 30.3 Å². The fraction of sp³-hybridized carbons (Fsp3) is 0.167. The standard InChI is InChI=1S/C24H19ClF4N2O4S/c25-36(34,35)21-12-10-20(11-13-21)31(23(33)24(27,28)29)15-19(14-16-4-2-1-3-5-16)30-22(32)17-6-8-18(26)9-7-17/h1-13,19H,14-15H2,(H,30,32). The van der Waals surface area contributed by atoms with Gasteiger partial charge in [0.2, 0.25) is 0 Å². The van der Waals surface area contributed by atoms with Crippen molar-refractivity contribution in [1.82, 2.24) is 5.32 Å². The van der Waals surface area contributed by atoms with Crippen LogP contribution in [0.4, 0.5) is 23.2 Å². The van der Waals surface area contributed by atoms with Gasteiger partial charge in [-0.1, -0.05) is 30.3 Å². The Kier molecular flexibility index (Phi) is 8.36. The van der Waals surface area contributed by atoms with Crippen LogP contribution >= 0.6 is 10.7 Å². The van der Waals surface area contributed by atoms with Crippen molar-refractivity contribution in [2.75, 3.05) is 11.4 Å². The number of nitrogens with zero attached hydrogens (tertiary/aromatic N) is 1. The number of rotatable bonds is 8. The maximum absolute atomic E-state index is 13.5. The van der Waals surface area contributed by atoms with E-state index in [0.717, 1.165) is 36.4 Å². The summed E-state index contributed by atoms with van der Waals surface area (Å²) in [6.07, 6.45) is -5.20. The molecule has 0 heterocycles. The van der Waals surface area contributed by atoms with E-state index in [1.165, 1.54) is 12.1 Å². The molecule has 2 amide bonds. The van der Waals surface area contributed by atoms with Gasteiger partial charge in [0.05, 0.1) is 10.9 Å². The Balaban J connectivity index is 1.96. The third-order valence-corrected chi connectivity index (χ3v) is 6.46. The van der Waals surface area contributed by atoms with Gasteiger partial charge in [-0.05, 0) is 60.5 Å². The average Bonchev–Trinajstić information content (AvgIpc) is 2.82. The molecule has 1 N–H and O–H groups in total. The second kappa shape index (κ2) is 11.1. The maximum atomic E-state index is 13.5. The van der Waals surface area contributed by atoms with Gasteiger partial charge in [0.15, 0.2) is 0 Å². The Hall–Kier alpha value is -3.44. The number of benzene rings is 3. The molecule has 0 bridgehead atoms. The molecule has 0 aliphatic heterocycles. The first-order valence-corrected chi connectivity index (χ1v) is 12.7. The molecule has 0 spiro atoms. The number of hydrogen-bond donors (Lipinski definition) is 1. The van der Waals surface area contributed by atoms with Crippen molar-refractivity contribution in [3.8, 4) is 0 Å². The van der Waals surface area contributed by atoms with Crippen LogP contribution in [0.2, 0.25) is 0 Å². The normalized spacial score (nSPS) is 12.6. The maximum Gasteiger partial charge on any atom is 0.471 e. The van der Waals surface area contributed by atoms with Crippen molar-refractivity contribution in [2.45, 2.75) is 23.5 Å². The molecule has 1 unspecified atom stereocenters. The lowest BCUT2D eigenvalue weighted by molar-refractivity contribution is -0.170. The highest BCUT2D eigenvalue weighted by Crippen LogP contribution is 2.26. The molecule has 6 nitrogen and oxygen atoms in total. The first-order chi connectivity index (χ1) is 16.8. The summed E-state index contributed by atoms with van der Waals surface area (Å²) >= 11 is 0. The Morgan fingerprint density at radius 2 is 1.50 bits per heavy atom. The molecule has 12 heteroatoms. The predicted molar refractivity (Wildman–Crippen MR) is 126 cm³/mol. The lowest BCUT2D eigenvalue weighted by Gasteiger charge is -2.29. The molecular formula is C24H19ClF4N2O4S. The minimum atomic E-state index is -5.25. The molecule has 3 aromatic carbocycles. The van der Waals surface area contributed by atoms with Gasteiger partial charge >= 0.3 is 12.1 Å². The zero-order valence-corrected chi connectivity index (χ0v) is 19.9. The fourth-order valence-electron chi connectivity index (χ4n) is 3.40. The van der Waals surface area contributed by atoms with Crippen LogP contribution in [0.3, 0.4) is 0 Å². The lowest BCUT2D eigenvalue weighted by Crippen LogP contribution is -2.50. The number of alkyl halides is 3. The van der Waals surface area contributed by atoms with Gasteiger partial charge in [-0.25, -0.2) is 12.8 Å². The molecule has 1 atom stereocenters. The Morgan fingerprint density at radius 3 is 2.03 bits per heavy atom. The summed E-state index contributed by atoms with van der Waals surface area (Å²) in [5, 5.41) is 2.60. The molecule has 0 saturated carbocycles. The van der Waals surface area contributed by atoms with Crippen LogP contribution in [0.25, 0.3) is 0 Å². The molecule has 0 aromatic heterocycles. The van der Waals surface area contributed by atoms with Crippen LogP contribution in [0, 0.1) is 5.82 Å². The van der Waals surface area contributed by atoms with Crippen molar-refractivity contribution in [3.05, 3.63) is 95.8 Å². The number of nitrogens with one attached hydrogen (secondary N) is 1. The number of hydrogen-bond acceptors (Lipinski definition) is 4. The van der Waals surface area contributed by atoms with Crippen LogP contribution in [-0.4, -0.2) is 39.0 Å². The monoisotopic (exact) mass is 542 g/mol. The van der Waals surface area contributed by atoms with E-state index in [4.69, 9.17) is 10.7 Å². The molecule has 3 rings (SSSR count). The van der Waals surface area contributed by atoms with Crippen molar-refractivity contribution < 1.29 is 35.6 Å². The van der Waals surface area contributed by atoms with Crippen LogP contribution in [0.1, 0.15) is 15.9 Å². The van der Waals surface area contributed by atoms with Crippen LogP contribution in [0.5, 0.6) is 0 Å². The number of halogens is 5. The first kappa shape index (κ1) is 27.2. The summed E-state index contributed by atoms with van der Waals surface area (Å²) in [5.41, 5.74) is 0.486. The summed E-state index contributed by atoms with van der Waals surface area (Å²) < 4.78 is 76.6.